The number of aliphatic hydroxyl groups is 1. The zero-order valence-electron chi connectivity index (χ0n) is 20.5. The van der Waals surface area contributed by atoms with Crippen LogP contribution in [0.4, 0.5) is 0 Å². The van der Waals surface area contributed by atoms with Gasteiger partial charge in [0, 0.05) is 39.3 Å². The quantitative estimate of drug-likeness (QED) is 0.467. The molecule has 2 amide bonds. The summed E-state index contributed by atoms with van der Waals surface area (Å²) in [5.74, 6) is -1.83. The molecule has 1 aliphatic rings. The number of aryl methyl sites for hydroxylation is 2. The Morgan fingerprint density at radius 3 is 1.97 bits per heavy atom. The van der Waals surface area contributed by atoms with Gasteiger partial charge in [-0.3, -0.25) is 19.3 Å². The minimum atomic E-state index is -1.37. The number of hydrogen-bond acceptors (Lipinski definition) is 6. The van der Waals surface area contributed by atoms with E-state index in [4.69, 9.17) is 9.84 Å². The zero-order chi connectivity index (χ0) is 25.2. The second kappa shape index (κ2) is 13.1. The number of carbonyl (C=O) groups excluding carboxylic acids is 3. The lowest BCUT2D eigenvalue weighted by molar-refractivity contribution is -0.135. The van der Waals surface area contributed by atoms with Gasteiger partial charge in [-0.15, -0.1) is 0 Å². The van der Waals surface area contributed by atoms with Gasteiger partial charge in [-0.1, -0.05) is 36.4 Å². The Morgan fingerprint density at radius 2 is 1.46 bits per heavy atom. The van der Waals surface area contributed by atoms with Crippen LogP contribution in [-0.2, 0) is 33.6 Å². The van der Waals surface area contributed by atoms with Crippen LogP contribution in [0.5, 0.6) is 0 Å². The maximum absolute atomic E-state index is 12.8. The molecule has 0 bridgehead atoms. The largest absolute Gasteiger partial charge is 0.388 e. The van der Waals surface area contributed by atoms with Gasteiger partial charge in [0.1, 0.15) is 6.61 Å². The van der Waals surface area contributed by atoms with E-state index in [1.165, 1.54) is 25.2 Å². The predicted octanol–water partition coefficient (Wildman–Crippen LogP) is 1.09. The van der Waals surface area contributed by atoms with E-state index in [9.17, 15) is 14.4 Å². The van der Waals surface area contributed by atoms with Gasteiger partial charge >= 0.3 is 0 Å². The van der Waals surface area contributed by atoms with Crippen LogP contribution in [0.1, 0.15) is 27.0 Å². The van der Waals surface area contributed by atoms with Crippen molar-refractivity contribution in [3.8, 4) is 0 Å². The molecule has 1 fully saturated rings. The third-order valence-electron chi connectivity index (χ3n) is 6.41. The van der Waals surface area contributed by atoms with Crippen LogP contribution >= 0.6 is 0 Å². The van der Waals surface area contributed by atoms with Gasteiger partial charge in [0.25, 0.3) is 5.91 Å². The third-order valence-corrected chi connectivity index (χ3v) is 6.41. The molecule has 8 nitrogen and oxygen atoms in total. The molecule has 2 aromatic rings. The number of ether oxygens (including phenoxy) is 1. The maximum Gasteiger partial charge on any atom is 0.254 e. The summed E-state index contributed by atoms with van der Waals surface area (Å²) in [6.45, 7) is 3.91. The fourth-order valence-electron chi connectivity index (χ4n) is 4.17. The summed E-state index contributed by atoms with van der Waals surface area (Å²) in [6.07, 6.45) is 2.76. The topological polar surface area (TPSA) is 99.2 Å². The van der Waals surface area contributed by atoms with Crippen LogP contribution in [0.25, 0.3) is 0 Å². The normalized spacial score (nSPS) is 14.8. The summed E-state index contributed by atoms with van der Waals surface area (Å²) in [5.41, 5.74) is 4.06. The van der Waals surface area contributed by atoms with Crippen LogP contribution in [0.2, 0.25) is 0 Å². The number of hydrogen-bond donors (Lipinski definition) is 2. The minimum absolute atomic E-state index is 0.375. The van der Waals surface area contributed by atoms with Gasteiger partial charge in [0.2, 0.25) is 5.91 Å². The number of amides is 2. The lowest BCUT2D eigenvalue weighted by atomic mass is 10.0. The molecule has 3 rings (SSSR count). The monoisotopic (exact) mass is 481 g/mol. The van der Waals surface area contributed by atoms with Crippen molar-refractivity contribution in [1.82, 2.24) is 15.1 Å². The molecule has 0 aromatic heterocycles. The second-order valence-electron chi connectivity index (χ2n) is 8.77. The molecule has 2 aromatic carbocycles. The molecular formula is C27H35N3O5. The highest BCUT2D eigenvalue weighted by atomic mass is 16.5. The number of nitrogens with zero attached hydrogens (tertiary/aromatic N) is 2. The number of rotatable bonds is 11. The van der Waals surface area contributed by atoms with Crippen molar-refractivity contribution < 1.29 is 24.2 Å². The molecule has 2 N–H and O–H groups in total. The number of likely N-dealkylation sites (N-methyl/N-ethyl adjacent to an activating group) is 2. The van der Waals surface area contributed by atoms with E-state index < -0.39 is 30.2 Å². The van der Waals surface area contributed by atoms with Gasteiger partial charge in [0.05, 0.1) is 13.2 Å². The van der Waals surface area contributed by atoms with E-state index in [1.54, 1.807) is 12.1 Å². The highest BCUT2D eigenvalue weighted by molar-refractivity contribution is 6.10. The smallest absolute Gasteiger partial charge is 0.254 e. The first-order chi connectivity index (χ1) is 16.9. The molecule has 1 saturated heterocycles. The predicted molar refractivity (Wildman–Crippen MR) is 133 cm³/mol. The maximum atomic E-state index is 12.8. The van der Waals surface area contributed by atoms with Crippen LogP contribution in [0.3, 0.4) is 0 Å². The van der Waals surface area contributed by atoms with Crippen molar-refractivity contribution in [1.29, 1.82) is 0 Å². The van der Waals surface area contributed by atoms with Gasteiger partial charge in [-0.05, 0) is 48.1 Å². The standard InChI is InChI=1S/C27H35N3O5/c1-28-26(33)25(24(32)19-31)29(2)27(34)23-11-9-21(10-12-23)4-3-20-5-7-22(8-6-20)13-14-30-15-17-35-18-16-30/h5-12,25,31H,3-4,13-19H2,1-2H3,(H,28,33). The van der Waals surface area contributed by atoms with E-state index in [-0.39, 0.29) is 0 Å². The Hall–Kier alpha value is -3.07. The highest BCUT2D eigenvalue weighted by Crippen LogP contribution is 2.14. The SMILES string of the molecule is CNC(=O)C(C(=O)CO)N(C)C(=O)c1ccc(CCc2ccc(CCN3CCOCC3)cc2)cc1. The number of ketones is 1. The van der Waals surface area contributed by atoms with Crippen LogP contribution in [-0.4, -0.2) is 92.1 Å². The number of Topliss-reactive ketones (excluding diaryl/α,β-unsaturated/α-hetero) is 1. The number of benzene rings is 2. The molecule has 0 radical (unpaired) electrons. The summed E-state index contributed by atoms with van der Waals surface area (Å²) >= 11 is 0. The van der Waals surface area contributed by atoms with Crippen molar-refractivity contribution in [3.05, 3.63) is 70.8 Å². The van der Waals surface area contributed by atoms with Crippen LogP contribution in [0, 0.1) is 0 Å². The first-order valence-electron chi connectivity index (χ1n) is 12.0. The molecule has 1 unspecified atom stereocenters. The molecule has 0 aliphatic carbocycles. The molecule has 8 heteroatoms. The lowest BCUT2D eigenvalue weighted by Gasteiger charge is -2.26. The fourth-order valence-corrected chi connectivity index (χ4v) is 4.17. The highest BCUT2D eigenvalue weighted by Gasteiger charge is 2.32. The molecule has 1 aliphatic heterocycles. The number of carbonyl (C=O) groups is 3. The minimum Gasteiger partial charge on any atom is -0.388 e. The Labute approximate surface area is 206 Å². The first kappa shape index (κ1) is 26.5. The molecule has 0 saturated carbocycles. The van der Waals surface area contributed by atoms with Crippen molar-refractivity contribution in [2.45, 2.75) is 25.3 Å². The average molecular weight is 482 g/mol. The Bertz CT molecular complexity index is 969. The fraction of sp³-hybridized carbons (Fsp3) is 0.444. The third kappa shape index (κ3) is 7.45. The first-order valence-corrected chi connectivity index (χ1v) is 12.0. The molecule has 35 heavy (non-hydrogen) atoms. The van der Waals surface area contributed by atoms with E-state index in [0.717, 1.165) is 62.6 Å². The summed E-state index contributed by atoms with van der Waals surface area (Å²) in [6, 6.07) is 14.6. The van der Waals surface area contributed by atoms with Crippen molar-refractivity contribution in [3.63, 3.8) is 0 Å². The van der Waals surface area contributed by atoms with Gasteiger partial charge in [0.15, 0.2) is 11.8 Å². The van der Waals surface area contributed by atoms with E-state index >= 15 is 0 Å². The molecular weight excluding hydrogens is 446 g/mol. The summed E-state index contributed by atoms with van der Waals surface area (Å²) in [5, 5.41) is 11.5. The number of aliphatic hydroxyl groups excluding tert-OH is 1. The van der Waals surface area contributed by atoms with Crippen LogP contribution in [0.15, 0.2) is 48.5 Å². The van der Waals surface area contributed by atoms with E-state index in [2.05, 4.69) is 34.5 Å². The summed E-state index contributed by atoms with van der Waals surface area (Å²) in [4.78, 5) is 40.3. The van der Waals surface area contributed by atoms with Crippen molar-refractivity contribution >= 4 is 17.6 Å². The van der Waals surface area contributed by atoms with Crippen molar-refractivity contribution in [2.75, 3.05) is 53.6 Å². The second-order valence-corrected chi connectivity index (χ2v) is 8.77. The van der Waals surface area contributed by atoms with Crippen molar-refractivity contribution in [2.24, 2.45) is 0 Å². The van der Waals surface area contributed by atoms with E-state index in [0.29, 0.717) is 5.56 Å². The Balaban J connectivity index is 1.52. The van der Waals surface area contributed by atoms with Gasteiger partial charge in [-0.2, -0.15) is 0 Å². The Kier molecular flexibility index (Phi) is 9.96. The zero-order valence-corrected chi connectivity index (χ0v) is 20.5. The number of morpholine rings is 1. The average Bonchev–Trinajstić information content (AvgIpc) is 2.91. The van der Waals surface area contributed by atoms with Crippen LogP contribution < -0.4 is 5.32 Å². The lowest BCUT2D eigenvalue weighted by Crippen LogP contribution is -2.52. The summed E-state index contributed by atoms with van der Waals surface area (Å²) in [7, 11) is 2.76. The molecule has 0 spiro atoms. The molecule has 1 heterocycles. The summed E-state index contributed by atoms with van der Waals surface area (Å²) < 4.78 is 5.40. The Morgan fingerprint density at radius 1 is 0.943 bits per heavy atom. The molecule has 1 atom stereocenters. The van der Waals surface area contributed by atoms with E-state index in [1.807, 2.05) is 12.1 Å². The van der Waals surface area contributed by atoms with Gasteiger partial charge in [-0.25, -0.2) is 0 Å². The molecule has 188 valence electrons. The van der Waals surface area contributed by atoms with Gasteiger partial charge < -0.3 is 20.1 Å². The number of nitrogens with one attached hydrogen (secondary N) is 1.